The molecule has 1 aromatic carbocycles. The Morgan fingerprint density at radius 1 is 1.00 bits per heavy atom. The van der Waals surface area contributed by atoms with Crippen molar-refractivity contribution in [3.05, 3.63) is 29.3 Å². The third kappa shape index (κ3) is 1.46. The monoisotopic (exact) mass is 191 g/mol. The highest BCUT2D eigenvalue weighted by atomic mass is 28.3. The summed E-state index contributed by atoms with van der Waals surface area (Å²) in [5.74, 6) is 0. The van der Waals surface area contributed by atoms with E-state index in [-0.39, 0.29) is 0 Å². The molecule has 2 nitrogen and oxygen atoms in total. The van der Waals surface area contributed by atoms with Crippen molar-refractivity contribution >= 4 is 26.6 Å². The Labute approximate surface area is 79.6 Å². The maximum absolute atomic E-state index is 5.26. The Kier molecular flexibility index (Phi) is 2.31. The predicted molar refractivity (Wildman–Crippen MR) is 54.8 cm³/mol. The molecule has 0 saturated heterocycles. The van der Waals surface area contributed by atoms with E-state index in [0.29, 0.717) is 0 Å². The molecule has 1 radical (unpaired) electrons. The van der Waals surface area contributed by atoms with Gasteiger partial charge < -0.3 is 8.85 Å². The molecule has 0 N–H and O–H groups in total. The van der Waals surface area contributed by atoms with E-state index in [9.17, 15) is 0 Å². The fraction of sp³-hybridized carbons (Fsp3) is 0.200. The third-order valence-corrected chi connectivity index (χ3v) is 3.66. The minimum atomic E-state index is -1.24. The summed E-state index contributed by atoms with van der Waals surface area (Å²) < 4.78 is 10.5. The Bertz CT molecular complexity index is 343. The van der Waals surface area contributed by atoms with Crippen LogP contribution in [0.2, 0.25) is 0 Å². The van der Waals surface area contributed by atoms with Gasteiger partial charge in [-0.1, -0.05) is 30.4 Å². The second-order valence-corrected chi connectivity index (χ2v) is 4.84. The standard InChI is InChI=1S/C10H11O2Si/c1-11-13(12-2)10-6-5-8-3-4-9(8)7-10/h3-7H,1-2H3. The van der Waals surface area contributed by atoms with Crippen molar-refractivity contribution in [1.82, 2.24) is 0 Å². The first-order valence-electron chi connectivity index (χ1n) is 4.12. The van der Waals surface area contributed by atoms with E-state index in [1.165, 1.54) is 11.1 Å². The number of fused-ring (bicyclic) bond motifs is 1. The molecule has 3 heteroatoms. The molecule has 0 aromatic heterocycles. The predicted octanol–water partition coefficient (Wildman–Crippen LogP) is 1.16. The van der Waals surface area contributed by atoms with Gasteiger partial charge in [0, 0.05) is 14.2 Å². The molecule has 0 aliphatic heterocycles. The quantitative estimate of drug-likeness (QED) is 0.678. The summed E-state index contributed by atoms with van der Waals surface area (Å²) in [7, 11) is 2.14. The van der Waals surface area contributed by atoms with Crippen LogP contribution >= 0.6 is 0 Å². The van der Waals surface area contributed by atoms with Crippen LogP contribution in [0.25, 0.3) is 12.2 Å². The molecule has 0 bridgehead atoms. The van der Waals surface area contributed by atoms with Crippen molar-refractivity contribution in [3.8, 4) is 0 Å². The van der Waals surface area contributed by atoms with Crippen LogP contribution in [-0.4, -0.2) is 23.5 Å². The zero-order chi connectivity index (χ0) is 9.26. The van der Waals surface area contributed by atoms with Crippen LogP contribution in [0.1, 0.15) is 11.1 Å². The Balaban J connectivity index is 2.27. The molecule has 0 amide bonds. The number of benzene rings is 1. The van der Waals surface area contributed by atoms with Gasteiger partial charge in [-0.05, 0) is 16.3 Å². The summed E-state index contributed by atoms with van der Waals surface area (Å²) in [6.45, 7) is 0. The zero-order valence-corrected chi connectivity index (χ0v) is 8.70. The molecule has 13 heavy (non-hydrogen) atoms. The molecular weight excluding hydrogens is 180 g/mol. The molecule has 0 spiro atoms. The van der Waals surface area contributed by atoms with Crippen molar-refractivity contribution in [1.29, 1.82) is 0 Å². The van der Waals surface area contributed by atoms with Crippen molar-refractivity contribution in [3.63, 3.8) is 0 Å². The largest absolute Gasteiger partial charge is 0.423 e. The highest BCUT2D eigenvalue weighted by molar-refractivity contribution is 6.61. The summed E-state index contributed by atoms with van der Waals surface area (Å²) in [4.78, 5) is 0. The van der Waals surface area contributed by atoms with Crippen LogP contribution in [0.5, 0.6) is 0 Å². The molecule has 0 heterocycles. The molecule has 1 aliphatic carbocycles. The second kappa shape index (κ2) is 3.45. The summed E-state index contributed by atoms with van der Waals surface area (Å²) in [6.07, 6.45) is 4.20. The van der Waals surface area contributed by atoms with Gasteiger partial charge in [-0.15, -0.1) is 0 Å². The fourth-order valence-electron chi connectivity index (χ4n) is 1.40. The maximum Gasteiger partial charge on any atom is 0.423 e. The van der Waals surface area contributed by atoms with E-state index in [2.05, 4.69) is 30.4 Å². The van der Waals surface area contributed by atoms with Crippen LogP contribution in [0, 0.1) is 0 Å². The van der Waals surface area contributed by atoms with Gasteiger partial charge in [0.15, 0.2) is 0 Å². The SMILES string of the molecule is CO[Si](OC)c1ccc2c(c1)C=C2. The Hall–Kier alpha value is -0.903. The smallest absolute Gasteiger partial charge is 0.393 e. The van der Waals surface area contributed by atoms with E-state index in [1.54, 1.807) is 14.2 Å². The first kappa shape index (κ1) is 8.68. The van der Waals surface area contributed by atoms with Crippen molar-refractivity contribution in [2.24, 2.45) is 0 Å². The van der Waals surface area contributed by atoms with Gasteiger partial charge in [0.2, 0.25) is 0 Å². The van der Waals surface area contributed by atoms with Crippen LogP contribution in [0.4, 0.5) is 0 Å². The number of hydrogen-bond donors (Lipinski definition) is 0. The van der Waals surface area contributed by atoms with Gasteiger partial charge in [-0.2, -0.15) is 0 Å². The van der Waals surface area contributed by atoms with E-state index >= 15 is 0 Å². The number of hydrogen-bond acceptors (Lipinski definition) is 2. The summed E-state index contributed by atoms with van der Waals surface area (Å²) in [6, 6.07) is 6.31. The normalized spacial score (nSPS) is 12.8. The fourth-order valence-corrected chi connectivity index (χ4v) is 2.53. The minimum Gasteiger partial charge on any atom is -0.393 e. The molecule has 1 aromatic rings. The van der Waals surface area contributed by atoms with Gasteiger partial charge in [-0.25, -0.2) is 0 Å². The van der Waals surface area contributed by atoms with Gasteiger partial charge in [-0.3, -0.25) is 0 Å². The Morgan fingerprint density at radius 3 is 2.15 bits per heavy atom. The lowest BCUT2D eigenvalue weighted by Crippen LogP contribution is -2.35. The van der Waals surface area contributed by atoms with Crippen LogP contribution < -0.4 is 5.19 Å². The lowest BCUT2D eigenvalue weighted by molar-refractivity contribution is 0.292. The van der Waals surface area contributed by atoms with Crippen LogP contribution in [0.15, 0.2) is 18.2 Å². The lowest BCUT2D eigenvalue weighted by Gasteiger charge is -2.14. The molecular formula is C10H11O2Si. The van der Waals surface area contributed by atoms with Gasteiger partial charge in [0.25, 0.3) is 0 Å². The summed E-state index contributed by atoms with van der Waals surface area (Å²) in [5, 5.41) is 1.16. The van der Waals surface area contributed by atoms with Crippen molar-refractivity contribution in [2.45, 2.75) is 0 Å². The molecule has 0 fully saturated rings. The van der Waals surface area contributed by atoms with Gasteiger partial charge >= 0.3 is 9.28 Å². The highest BCUT2D eigenvalue weighted by Crippen LogP contribution is 2.21. The average Bonchev–Trinajstić information content (AvgIpc) is 2.11. The molecule has 2 rings (SSSR count). The average molecular weight is 191 g/mol. The van der Waals surface area contributed by atoms with Crippen LogP contribution in [0.3, 0.4) is 0 Å². The van der Waals surface area contributed by atoms with Crippen molar-refractivity contribution in [2.75, 3.05) is 14.2 Å². The van der Waals surface area contributed by atoms with E-state index in [1.807, 2.05) is 0 Å². The van der Waals surface area contributed by atoms with E-state index in [0.717, 1.165) is 5.19 Å². The Morgan fingerprint density at radius 2 is 1.69 bits per heavy atom. The molecule has 0 unspecified atom stereocenters. The van der Waals surface area contributed by atoms with Crippen LogP contribution in [-0.2, 0) is 8.85 Å². The zero-order valence-electron chi connectivity index (χ0n) is 7.70. The lowest BCUT2D eigenvalue weighted by atomic mass is 9.98. The highest BCUT2D eigenvalue weighted by Gasteiger charge is 2.17. The first-order valence-corrected chi connectivity index (χ1v) is 5.44. The van der Waals surface area contributed by atoms with Gasteiger partial charge in [0.05, 0.1) is 0 Å². The summed E-state index contributed by atoms with van der Waals surface area (Å²) in [5.41, 5.74) is 2.59. The minimum absolute atomic E-state index is 1.16. The van der Waals surface area contributed by atoms with E-state index in [4.69, 9.17) is 8.85 Å². The van der Waals surface area contributed by atoms with Crippen molar-refractivity contribution < 1.29 is 8.85 Å². The third-order valence-electron chi connectivity index (χ3n) is 2.14. The molecule has 0 atom stereocenters. The summed E-state index contributed by atoms with van der Waals surface area (Å²) >= 11 is 0. The maximum atomic E-state index is 5.26. The number of rotatable bonds is 3. The van der Waals surface area contributed by atoms with E-state index < -0.39 is 9.28 Å². The molecule has 0 saturated carbocycles. The first-order chi connectivity index (χ1) is 6.35. The van der Waals surface area contributed by atoms with Gasteiger partial charge in [0.1, 0.15) is 0 Å². The second-order valence-electron chi connectivity index (χ2n) is 2.87. The molecule has 67 valence electrons. The molecule has 1 aliphatic rings. The topological polar surface area (TPSA) is 18.5 Å².